The van der Waals surface area contributed by atoms with Gasteiger partial charge in [-0.2, -0.15) is 0 Å². The number of phenolic OH excluding ortho intramolecular Hbond substituents is 5. The number of benzene rings is 10. The van der Waals surface area contributed by atoms with Crippen LogP contribution >= 0.6 is 0 Å². The molecule has 0 bridgehead atoms. The van der Waals surface area contributed by atoms with E-state index in [-0.39, 0.29) is 5.69 Å². The van der Waals surface area contributed by atoms with Crippen molar-refractivity contribution in [1.82, 2.24) is 9.13 Å². The van der Waals surface area contributed by atoms with Gasteiger partial charge in [0.05, 0.1) is 22.1 Å². The smallest absolute Gasteiger partial charge is 0.208 e. The van der Waals surface area contributed by atoms with Crippen LogP contribution in [0.4, 0.5) is 17.1 Å². The van der Waals surface area contributed by atoms with Crippen LogP contribution in [0, 0.1) is 6.92 Å². The summed E-state index contributed by atoms with van der Waals surface area (Å²) in [6, 6.07) is 65.7. The highest BCUT2D eigenvalue weighted by atomic mass is 16.4. The number of fused-ring (bicyclic) bond motifs is 11. The third-order valence-corrected chi connectivity index (χ3v) is 13.9. The lowest BCUT2D eigenvalue weighted by Gasteiger charge is -2.26. The molecular weight excluding hydrogens is 843 g/mol. The van der Waals surface area contributed by atoms with E-state index >= 15 is 0 Å². The van der Waals surface area contributed by atoms with Gasteiger partial charge in [-0.1, -0.05) is 109 Å². The first-order valence-corrected chi connectivity index (χ1v) is 22.6. The van der Waals surface area contributed by atoms with E-state index in [2.05, 4.69) is 186 Å². The fourth-order valence-electron chi connectivity index (χ4n) is 10.7. The van der Waals surface area contributed by atoms with Crippen LogP contribution in [-0.2, 0) is 6.42 Å². The summed E-state index contributed by atoms with van der Waals surface area (Å²) < 4.78 is 3.96. The van der Waals surface area contributed by atoms with E-state index in [1.165, 1.54) is 38.6 Å². The van der Waals surface area contributed by atoms with Crippen LogP contribution in [0.15, 0.2) is 188 Å². The molecule has 326 valence electrons. The first-order chi connectivity index (χ1) is 33.2. The van der Waals surface area contributed by atoms with E-state index in [4.69, 9.17) is 0 Å². The van der Waals surface area contributed by atoms with Crippen LogP contribution in [0.25, 0.3) is 88.0 Å². The van der Waals surface area contributed by atoms with Gasteiger partial charge in [-0.3, -0.25) is 0 Å². The Morgan fingerprint density at radius 2 is 0.941 bits per heavy atom. The molecular formula is C60H41N3O5. The van der Waals surface area contributed by atoms with Gasteiger partial charge in [0, 0.05) is 44.3 Å². The highest BCUT2D eigenvalue weighted by Crippen LogP contribution is 2.55. The second kappa shape index (κ2) is 14.7. The molecule has 8 heteroatoms. The molecule has 2 heterocycles. The topological polar surface area (TPSA) is 114 Å². The molecule has 0 fully saturated rings. The summed E-state index contributed by atoms with van der Waals surface area (Å²) in [7, 11) is 0. The second-order valence-corrected chi connectivity index (χ2v) is 17.8. The molecule has 0 saturated heterocycles. The largest absolute Gasteiger partial charge is 0.503 e. The lowest BCUT2D eigenvalue weighted by Crippen LogP contribution is -2.10. The van der Waals surface area contributed by atoms with E-state index in [0.29, 0.717) is 11.0 Å². The Morgan fingerprint density at radius 3 is 1.62 bits per heavy atom. The Balaban J connectivity index is 0.948. The third-order valence-electron chi connectivity index (χ3n) is 13.9. The van der Waals surface area contributed by atoms with Gasteiger partial charge < -0.3 is 39.6 Å². The molecule has 8 nitrogen and oxygen atoms in total. The minimum Gasteiger partial charge on any atom is -0.503 e. The summed E-state index contributed by atoms with van der Waals surface area (Å²) in [6.45, 7) is 2.09. The number of aromatic hydroxyl groups is 5. The maximum absolute atomic E-state index is 11.3. The zero-order valence-corrected chi connectivity index (χ0v) is 36.7. The summed E-state index contributed by atoms with van der Waals surface area (Å²) in [5, 5.41) is 60.6. The fraction of sp³-hybridized carbons (Fsp3) is 0.0333. The molecule has 0 spiro atoms. The van der Waals surface area contributed by atoms with Crippen LogP contribution in [0.1, 0.15) is 16.7 Å². The highest BCUT2D eigenvalue weighted by molar-refractivity contribution is 6.17. The highest BCUT2D eigenvalue weighted by Gasteiger charge is 2.29. The number of phenols is 5. The molecule has 1 aliphatic rings. The molecule has 1 aliphatic carbocycles. The van der Waals surface area contributed by atoms with Crippen molar-refractivity contribution in [3.05, 3.63) is 205 Å². The van der Waals surface area contributed by atoms with E-state index in [1.54, 1.807) is 4.57 Å². The molecule has 0 unspecified atom stereocenters. The average molecular weight is 884 g/mol. The third kappa shape index (κ3) is 5.74. The van der Waals surface area contributed by atoms with Gasteiger partial charge in [0.15, 0.2) is 11.5 Å². The van der Waals surface area contributed by atoms with E-state index < -0.39 is 28.7 Å². The molecule has 10 aromatic carbocycles. The maximum atomic E-state index is 11.3. The molecule has 0 saturated carbocycles. The van der Waals surface area contributed by atoms with Crippen molar-refractivity contribution in [2.75, 3.05) is 4.90 Å². The van der Waals surface area contributed by atoms with Crippen molar-refractivity contribution in [3.63, 3.8) is 0 Å². The minimum absolute atomic E-state index is 0.250. The summed E-state index contributed by atoms with van der Waals surface area (Å²) in [4.78, 5) is 2.26. The minimum atomic E-state index is -1.01. The number of nitrogens with zero attached hydrogens (tertiary/aromatic N) is 3. The fourth-order valence-corrected chi connectivity index (χ4v) is 10.7. The number of aromatic nitrogens is 2. The molecule has 0 aliphatic heterocycles. The number of rotatable bonds is 6. The van der Waals surface area contributed by atoms with Crippen LogP contribution in [0.3, 0.4) is 0 Å². The first kappa shape index (κ1) is 39.2. The Kier molecular flexibility index (Phi) is 8.48. The van der Waals surface area contributed by atoms with Gasteiger partial charge in [0.1, 0.15) is 5.69 Å². The van der Waals surface area contributed by atoms with Crippen LogP contribution in [0.2, 0.25) is 0 Å². The van der Waals surface area contributed by atoms with Crippen LogP contribution < -0.4 is 4.90 Å². The van der Waals surface area contributed by atoms with Gasteiger partial charge in [-0.25, -0.2) is 0 Å². The number of anilines is 3. The number of para-hydroxylation sites is 2. The van der Waals surface area contributed by atoms with Gasteiger partial charge in [0.25, 0.3) is 0 Å². The molecule has 68 heavy (non-hydrogen) atoms. The molecule has 12 aromatic rings. The average Bonchev–Trinajstić information content (AvgIpc) is 4.03. The molecule has 0 atom stereocenters. The van der Waals surface area contributed by atoms with Gasteiger partial charge in [0.2, 0.25) is 17.2 Å². The number of hydrogen-bond acceptors (Lipinski definition) is 6. The van der Waals surface area contributed by atoms with Crippen molar-refractivity contribution in [2.24, 2.45) is 0 Å². The summed E-state index contributed by atoms with van der Waals surface area (Å²) in [5.74, 6) is -4.41. The Labute approximate surface area is 389 Å². The van der Waals surface area contributed by atoms with Gasteiger partial charge in [-0.15, -0.1) is 0 Å². The number of aryl methyl sites for hydroxylation is 1. The van der Waals surface area contributed by atoms with E-state index in [1.807, 2.05) is 18.2 Å². The maximum Gasteiger partial charge on any atom is 0.208 e. The zero-order chi connectivity index (χ0) is 45.9. The SMILES string of the molecule is Cc1ccc(N(c2ccc(-c3ccc4c(c3)c3cc5c6c(ccc5cc3n4-c3c(O)c(O)c(O)c(O)c3O)Cc3ccccc3-6)cc2)c2ccc(-n3c4ccccc4c4ccccc43)cc2)cc1. The van der Waals surface area contributed by atoms with Gasteiger partial charge in [-0.05, 0) is 142 Å². The molecule has 0 radical (unpaired) electrons. The Morgan fingerprint density at radius 1 is 0.397 bits per heavy atom. The number of hydrogen-bond donors (Lipinski definition) is 5. The lowest BCUT2D eigenvalue weighted by atomic mass is 9.95. The Hall–Kier alpha value is -9.14. The molecule has 0 amide bonds. The Bertz CT molecular complexity index is 3970. The van der Waals surface area contributed by atoms with Crippen molar-refractivity contribution in [3.8, 4) is 62.4 Å². The zero-order valence-electron chi connectivity index (χ0n) is 36.7. The van der Waals surface area contributed by atoms with Crippen molar-refractivity contribution < 1.29 is 25.5 Å². The van der Waals surface area contributed by atoms with Gasteiger partial charge >= 0.3 is 0 Å². The first-order valence-electron chi connectivity index (χ1n) is 22.6. The predicted molar refractivity (Wildman–Crippen MR) is 274 cm³/mol. The van der Waals surface area contributed by atoms with Crippen LogP contribution in [0.5, 0.6) is 28.7 Å². The second-order valence-electron chi connectivity index (χ2n) is 17.8. The molecule has 2 aromatic heterocycles. The summed E-state index contributed by atoms with van der Waals surface area (Å²) in [5.41, 5.74) is 15.4. The quantitative estimate of drug-likeness (QED) is 0.0839. The van der Waals surface area contributed by atoms with Crippen molar-refractivity contribution in [1.29, 1.82) is 0 Å². The van der Waals surface area contributed by atoms with E-state index in [0.717, 1.165) is 72.9 Å². The summed E-state index contributed by atoms with van der Waals surface area (Å²) >= 11 is 0. The van der Waals surface area contributed by atoms with Crippen molar-refractivity contribution in [2.45, 2.75) is 13.3 Å². The normalized spacial score (nSPS) is 12.1. The lowest BCUT2D eigenvalue weighted by molar-refractivity contribution is 0.327. The molecule has 13 rings (SSSR count). The van der Waals surface area contributed by atoms with Crippen molar-refractivity contribution >= 4 is 71.4 Å². The summed E-state index contributed by atoms with van der Waals surface area (Å²) in [6.07, 6.45) is 0.838. The predicted octanol–water partition coefficient (Wildman–Crippen LogP) is 14.6. The monoisotopic (exact) mass is 883 g/mol. The van der Waals surface area contributed by atoms with Crippen LogP contribution in [-0.4, -0.2) is 34.7 Å². The van der Waals surface area contributed by atoms with E-state index in [9.17, 15) is 25.5 Å². The standard InChI is InChI=1S/C60H41N3O5/c1-34-14-21-40(22-15-34)61(42-25-27-43(28-26-42)62-50-12-6-4-10-45(50)46-11-5-7-13-51(46)62)41-23-18-35(19-24-41)36-20-29-52-48(31-36)49-33-47-38(16-17-39-30-37-8-2-3-9-44(37)54(39)47)32-53(49)63(52)55-56(64)58(66)60(68)59(67)57(55)65/h2-29,31-33,64-68H,30H2,1H3. The molecule has 5 N–H and O–H groups in total.